The Morgan fingerprint density at radius 3 is 2.76 bits per heavy atom. The topological polar surface area (TPSA) is 38.9 Å². The van der Waals surface area contributed by atoms with Crippen LogP contribution in [-0.2, 0) is 0 Å². The van der Waals surface area contributed by atoms with E-state index in [0.717, 1.165) is 16.5 Å². The van der Waals surface area contributed by atoms with E-state index >= 15 is 0 Å². The van der Waals surface area contributed by atoms with Gasteiger partial charge in [-0.3, -0.25) is 4.98 Å². The van der Waals surface area contributed by atoms with Crippen LogP contribution in [0.25, 0.3) is 10.9 Å². The van der Waals surface area contributed by atoms with Gasteiger partial charge in [0.2, 0.25) is 0 Å². The van der Waals surface area contributed by atoms with Crippen molar-refractivity contribution >= 4 is 22.2 Å². The standard InChI is InChI=1S/C14H12N2S/c15-14(13-6-3-9-17-13)11-7-8-16-12-5-2-1-4-10(11)12/h1-9,14H,15H2. The van der Waals surface area contributed by atoms with E-state index in [2.05, 4.69) is 22.5 Å². The molecule has 0 bridgehead atoms. The van der Waals surface area contributed by atoms with Gasteiger partial charge in [-0.15, -0.1) is 11.3 Å². The molecule has 84 valence electrons. The van der Waals surface area contributed by atoms with E-state index in [1.54, 1.807) is 11.3 Å². The average molecular weight is 240 g/mol. The van der Waals surface area contributed by atoms with Crippen LogP contribution < -0.4 is 5.73 Å². The first kappa shape index (κ1) is 10.4. The van der Waals surface area contributed by atoms with Crippen LogP contribution in [-0.4, -0.2) is 4.98 Å². The molecule has 1 atom stereocenters. The zero-order chi connectivity index (χ0) is 11.7. The average Bonchev–Trinajstić information content (AvgIpc) is 2.91. The molecular formula is C14H12N2S. The van der Waals surface area contributed by atoms with Gasteiger partial charge in [0.1, 0.15) is 0 Å². The summed E-state index contributed by atoms with van der Waals surface area (Å²) in [4.78, 5) is 5.54. The molecule has 3 heteroatoms. The van der Waals surface area contributed by atoms with Crippen LogP contribution in [0.5, 0.6) is 0 Å². The molecule has 0 radical (unpaired) electrons. The van der Waals surface area contributed by atoms with E-state index in [1.807, 2.05) is 36.5 Å². The fourth-order valence-electron chi connectivity index (χ4n) is 2.01. The van der Waals surface area contributed by atoms with Gasteiger partial charge in [-0.25, -0.2) is 0 Å². The van der Waals surface area contributed by atoms with Gasteiger partial charge in [-0.2, -0.15) is 0 Å². The third-order valence-electron chi connectivity index (χ3n) is 2.87. The van der Waals surface area contributed by atoms with E-state index < -0.39 is 0 Å². The molecule has 0 aliphatic carbocycles. The first-order chi connectivity index (χ1) is 8.36. The number of nitrogens with zero attached hydrogens (tertiary/aromatic N) is 1. The van der Waals surface area contributed by atoms with Crippen molar-refractivity contribution < 1.29 is 0 Å². The molecule has 0 amide bonds. The second-order valence-corrected chi connectivity index (χ2v) is 4.89. The molecule has 2 nitrogen and oxygen atoms in total. The molecule has 0 spiro atoms. The van der Waals surface area contributed by atoms with Crippen molar-refractivity contribution in [1.29, 1.82) is 0 Å². The van der Waals surface area contributed by atoms with Crippen molar-refractivity contribution in [3.05, 3.63) is 64.5 Å². The van der Waals surface area contributed by atoms with Crippen molar-refractivity contribution in [3.8, 4) is 0 Å². The van der Waals surface area contributed by atoms with Crippen LogP contribution in [0, 0.1) is 0 Å². The fourth-order valence-corrected chi connectivity index (χ4v) is 2.76. The summed E-state index contributed by atoms with van der Waals surface area (Å²) in [7, 11) is 0. The number of benzene rings is 1. The summed E-state index contributed by atoms with van der Waals surface area (Å²) < 4.78 is 0. The zero-order valence-electron chi connectivity index (χ0n) is 9.21. The largest absolute Gasteiger partial charge is 0.320 e. The van der Waals surface area contributed by atoms with Crippen LogP contribution in [0.2, 0.25) is 0 Å². The molecule has 0 fully saturated rings. The van der Waals surface area contributed by atoms with Gasteiger partial charge >= 0.3 is 0 Å². The Balaban J connectivity index is 2.17. The number of rotatable bonds is 2. The minimum atomic E-state index is -0.0668. The molecule has 0 saturated heterocycles. The van der Waals surface area contributed by atoms with Crippen LogP contribution in [0.1, 0.15) is 16.5 Å². The minimum Gasteiger partial charge on any atom is -0.320 e. The van der Waals surface area contributed by atoms with E-state index in [-0.39, 0.29) is 6.04 Å². The molecule has 17 heavy (non-hydrogen) atoms. The molecular weight excluding hydrogens is 228 g/mol. The Labute approximate surface area is 104 Å². The maximum absolute atomic E-state index is 6.31. The number of nitrogens with two attached hydrogens (primary N) is 1. The molecule has 0 aliphatic rings. The van der Waals surface area contributed by atoms with Gasteiger partial charge in [0.15, 0.2) is 0 Å². The second kappa shape index (κ2) is 4.28. The van der Waals surface area contributed by atoms with Gasteiger partial charge in [-0.05, 0) is 29.1 Å². The SMILES string of the molecule is NC(c1cccs1)c1ccnc2ccccc12. The molecule has 1 aromatic carbocycles. The Bertz CT molecular complexity index is 626. The minimum absolute atomic E-state index is 0.0668. The summed E-state index contributed by atoms with van der Waals surface area (Å²) in [5.74, 6) is 0. The highest BCUT2D eigenvalue weighted by Gasteiger charge is 2.12. The van der Waals surface area contributed by atoms with Gasteiger partial charge in [0.05, 0.1) is 11.6 Å². The van der Waals surface area contributed by atoms with E-state index in [1.165, 1.54) is 4.88 Å². The van der Waals surface area contributed by atoms with Crippen LogP contribution in [0.3, 0.4) is 0 Å². The lowest BCUT2D eigenvalue weighted by Gasteiger charge is -2.12. The predicted octanol–water partition coefficient (Wildman–Crippen LogP) is 3.34. The zero-order valence-corrected chi connectivity index (χ0v) is 10.0. The van der Waals surface area contributed by atoms with Crippen LogP contribution in [0.4, 0.5) is 0 Å². The molecule has 0 saturated carbocycles. The van der Waals surface area contributed by atoms with E-state index in [9.17, 15) is 0 Å². The fraction of sp³-hybridized carbons (Fsp3) is 0.0714. The lowest BCUT2D eigenvalue weighted by molar-refractivity contribution is 0.901. The molecule has 0 aliphatic heterocycles. The number of fused-ring (bicyclic) bond motifs is 1. The maximum Gasteiger partial charge on any atom is 0.0705 e. The summed E-state index contributed by atoms with van der Waals surface area (Å²) >= 11 is 1.69. The number of hydrogen-bond donors (Lipinski definition) is 1. The summed E-state index contributed by atoms with van der Waals surface area (Å²) in [6.07, 6.45) is 1.82. The van der Waals surface area contributed by atoms with Gasteiger partial charge < -0.3 is 5.73 Å². The summed E-state index contributed by atoms with van der Waals surface area (Å²) in [5, 5.41) is 3.19. The molecule has 3 aromatic rings. The number of pyridine rings is 1. The Morgan fingerprint density at radius 1 is 1.06 bits per heavy atom. The monoisotopic (exact) mass is 240 g/mol. The number of hydrogen-bond acceptors (Lipinski definition) is 3. The van der Waals surface area contributed by atoms with Crippen molar-refractivity contribution in [2.45, 2.75) is 6.04 Å². The Morgan fingerprint density at radius 2 is 1.94 bits per heavy atom. The van der Waals surface area contributed by atoms with Crippen molar-refractivity contribution in [2.75, 3.05) is 0 Å². The number of para-hydroxylation sites is 1. The lowest BCUT2D eigenvalue weighted by atomic mass is 10.0. The van der Waals surface area contributed by atoms with Crippen molar-refractivity contribution in [2.24, 2.45) is 5.73 Å². The Kier molecular flexibility index (Phi) is 2.63. The number of thiophene rings is 1. The Hall–Kier alpha value is -1.71. The van der Waals surface area contributed by atoms with Crippen LogP contribution >= 0.6 is 11.3 Å². The molecule has 2 aromatic heterocycles. The first-order valence-electron chi connectivity index (χ1n) is 5.49. The molecule has 2 heterocycles. The molecule has 2 N–H and O–H groups in total. The van der Waals surface area contributed by atoms with E-state index in [0.29, 0.717) is 0 Å². The highest BCUT2D eigenvalue weighted by Crippen LogP contribution is 2.28. The third kappa shape index (κ3) is 1.84. The van der Waals surface area contributed by atoms with Crippen molar-refractivity contribution in [1.82, 2.24) is 4.98 Å². The van der Waals surface area contributed by atoms with Gasteiger partial charge in [-0.1, -0.05) is 24.3 Å². The van der Waals surface area contributed by atoms with Crippen LogP contribution in [0.15, 0.2) is 54.0 Å². The third-order valence-corrected chi connectivity index (χ3v) is 3.82. The highest BCUT2D eigenvalue weighted by molar-refractivity contribution is 7.10. The normalized spacial score (nSPS) is 12.8. The second-order valence-electron chi connectivity index (χ2n) is 3.91. The summed E-state index contributed by atoms with van der Waals surface area (Å²) in [5.41, 5.74) is 8.44. The van der Waals surface area contributed by atoms with E-state index in [4.69, 9.17) is 5.73 Å². The summed E-state index contributed by atoms with van der Waals surface area (Å²) in [6, 6.07) is 14.2. The molecule has 3 rings (SSSR count). The van der Waals surface area contributed by atoms with Gasteiger partial charge in [0.25, 0.3) is 0 Å². The van der Waals surface area contributed by atoms with Gasteiger partial charge in [0, 0.05) is 16.5 Å². The quantitative estimate of drug-likeness (QED) is 0.746. The maximum atomic E-state index is 6.31. The van der Waals surface area contributed by atoms with Crippen molar-refractivity contribution in [3.63, 3.8) is 0 Å². The predicted molar refractivity (Wildman–Crippen MR) is 72.1 cm³/mol. The first-order valence-corrected chi connectivity index (χ1v) is 6.37. The summed E-state index contributed by atoms with van der Waals surface area (Å²) in [6.45, 7) is 0. The smallest absolute Gasteiger partial charge is 0.0705 e. The number of aromatic nitrogens is 1. The molecule has 1 unspecified atom stereocenters. The highest BCUT2D eigenvalue weighted by atomic mass is 32.1. The lowest BCUT2D eigenvalue weighted by Crippen LogP contribution is -2.10.